The number of rotatable bonds is 4. The molecule has 10 heteroatoms. The van der Waals surface area contributed by atoms with E-state index in [1.54, 1.807) is 0 Å². The highest BCUT2D eigenvalue weighted by Gasteiger charge is 2.38. The highest BCUT2D eigenvalue weighted by Crippen LogP contribution is 2.37. The zero-order valence-electron chi connectivity index (χ0n) is 10.8. The van der Waals surface area contributed by atoms with E-state index in [1.165, 1.54) is 0 Å². The highest BCUT2D eigenvalue weighted by atomic mass is 35.5. The van der Waals surface area contributed by atoms with Gasteiger partial charge in [-0.25, -0.2) is 8.42 Å². The molecule has 0 unspecified atom stereocenters. The molecule has 1 aromatic heterocycles. The second kappa shape index (κ2) is 5.88. The number of nitriles is 1. The van der Waals surface area contributed by atoms with Crippen molar-refractivity contribution < 1.29 is 13.3 Å². The molecule has 1 aromatic rings. The van der Waals surface area contributed by atoms with Crippen molar-refractivity contribution in [1.29, 1.82) is 5.26 Å². The van der Waals surface area contributed by atoms with Gasteiger partial charge in [0.05, 0.1) is 11.0 Å². The zero-order chi connectivity index (χ0) is 15.7. The Bertz CT molecular complexity index is 702. The minimum absolute atomic E-state index is 0.199. The molecular formula is C11H12ClN3O4S2. The number of nitrogens with zero attached hydrogens (tertiary/aromatic N) is 2. The fourth-order valence-corrected chi connectivity index (χ4v) is 5.34. The smallest absolute Gasteiger partial charge is 0.258 e. The quantitative estimate of drug-likeness (QED) is 0.663. The molecule has 1 aliphatic rings. The number of nitrogens with one attached hydrogen (secondary N) is 1. The highest BCUT2D eigenvalue weighted by molar-refractivity contribution is 7.91. The van der Waals surface area contributed by atoms with E-state index >= 15 is 0 Å². The Balaban J connectivity index is 2.32. The molecule has 2 rings (SSSR count). The third-order valence-electron chi connectivity index (χ3n) is 3.36. The van der Waals surface area contributed by atoms with Crippen molar-refractivity contribution in [2.45, 2.75) is 41.9 Å². The van der Waals surface area contributed by atoms with Crippen molar-refractivity contribution in [2.75, 3.05) is 0 Å². The second-order valence-corrected chi connectivity index (χ2v) is 8.41. The van der Waals surface area contributed by atoms with E-state index in [2.05, 4.69) is 4.72 Å². The lowest BCUT2D eigenvalue weighted by Gasteiger charge is -2.30. The summed E-state index contributed by atoms with van der Waals surface area (Å²) < 4.78 is 26.6. The molecule has 1 fully saturated rings. The number of halogens is 1. The number of hydrogen-bond donors (Lipinski definition) is 1. The van der Waals surface area contributed by atoms with Crippen LogP contribution in [-0.2, 0) is 10.0 Å². The fraction of sp³-hybridized carbons (Fsp3) is 0.545. The Labute approximate surface area is 130 Å². The number of sulfonamides is 1. The molecule has 0 spiro atoms. The third-order valence-corrected chi connectivity index (χ3v) is 6.71. The molecule has 1 N–H and O–H groups in total. The van der Waals surface area contributed by atoms with Crippen molar-refractivity contribution in [3.05, 3.63) is 20.5 Å². The van der Waals surface area contributed by atoms with Crippen LogP contribution in [0.1, 0.15) is 32.1 Å². The first-order valence-electron chi connectivity index (χ1n) is 6.19. The van der Waals surface area contributed by atoms with Crippen molar-refractivity contribution in [2.24, 2.45) is 0 Å². The van der Waals surface area contributed by atoms with Gasteiger partial charge in [-0.2, -0.15) is 9.98 Å². The van der Waals surface area contributed by atoms with Gasteiger partial charge in [0.15, 0.2) is 4.34 Å². The van der Waals surface area contributed by atoms with Crippen LogP contribution in [0.3, 0.4) is 0 Å². The molecule has 0 radical (unpaired) electrons. The van der Waals surface area contributed by atoms with Crippen molar-refractivity contribution in [3.8, 4) is 6.07 Å². The van der Waals surface area contributed by atoms with E-state index in [9.17, 15) is 23.8 Å². The molecule has 1 saturated carbocycles. The van der Waals surface area contributed by atoms with Crippen LogP contribution in [0.25, 0.3) is 0 Å². The van der Waals surface area contributed by atoms with E-state index in [1.807, 2.05) is 6.07 Å². The van der Waals surface area contributed by atoms with Crippen molar-refractivity contribution >= 4 is 38.6 Å². The first-order valence-corrected chi connectivity index (χ1v) is 8.86. The van der Waals surface area contributed by atoms with Gasteiger partial charge in [-0.05, 0) is 12.8 Å². The average molecular weight is 350 g/mol. The van der Waals surface area contributed by atoms with Crippen molar-refractivity contribution in [1.82, 2.24) is 4.72 Å². The zero-order valence-corrected chi connectivity index (χ0v) is 13.2. The maximum Gasteiger partial charge on any atom is 0.300 e. The van der Waals surface area contributed by atoms with Gasteiger partial charge in [0, 0.05) is 6.07 Å². The van der Waals surface area contributed by atoms with Crippen LogP contribution >= 0.6 is 22.9 Å². The fourth-order valence-electron chi connectivity index (χ4n) is 2.29. The Morgan fingerprint density at radius 1 is 1.43 bits per heavy atom. The molecule has 0 aromatic carbocycles. The summed E-state index contributed by atoms with van der Waals surface area (Å²) in [6, 6.07) is 2.95. The molecule has 0 saturated heterocycles. The molecule has 7 nitrogen and oxygen atoms in total. The molecule has 114 valence electrons. The van der Waals surface area contributed by atoms with Crippen LogP contribution in [0.5, 0.6) is 0 Å². The van der Waals surface area contributed by atoms with Crippen LogP contribution in [0.15, 0.2) is 10.3 Å². The third kappa shape index (κ3) is 3.35. The summed E-state index contributed by atoms with van der Waals surface area (Å²) >= 11 is 6.29. The summed E-state index contributed by atoms with van der Waals surface area (Å²) in [5.74, 6) is 0. The molecule has 0 amide bonds. The van der Waals surface area contributed by atoms with E-state index < -0.39 is 26.2 Å². The molecular weight excluding hydrogens is 338 g/mol. The van der Waals surface area contributed by atoms with Gasteiger partial charge in [0.1, 0.15) is 9.75 Å². The van der Waals surface area contributed by atoms with E-state index in [0.29, 0.717) is 24.2 Å². The number of nitro groups is 1. The summed E-state index contributed by atoms with van der Waals surface area (Å²) in [7, 11) is -4.01. The van der Waals surface area contributed by atoms with Crippen LogP contribution in [0, 0.1) is 21.4 Å². The lowest BCUT2D eigenvalue weighted by atomic mass is 9.84. The summed E-state index contributed by atoms with van der Waals surface area (Å²) in [6.07, 6.45) is 3.36. The lowest BCUT2D eigenvalue weighted by molar-refractivity contribution is -0.384. The minimum atomic E-state index is -4.01. The molecule has 1 heterocycles. The van der Waals surface area contributed by atoms with E-state index in [-0.39, 0.29) is 8.55 Å². The van der Waals surface area contributed by atoms with Gasteiger partial charge in [0.2, 0.25) is 0 Å². The number of thiophene rings is 1. The first-order chi connectivity index (χ1) is 9.80. The Hall–Kier alpha value is -1.21. The van der Waals surface area contributed by atoms with Gasteiger partial charge in [-0.3, -0.25) is 10.1 Å². The van der Waals surface area contributed by atoms with E-state index in [4.69, 9.17) is 11.6 Å². The Morgan fingerprint density at radius 2 is 2.05 bits per heavy atom. The SMILES string of the molecule is N#CC1(NS(=O)(=O)c2cc([N+](=O)[O-])c(Cl)s2)CCCCC1. The predicted octanol–water partition coefficient (Wildman–Crippen LogP) is 2.81. The largest absolute Gasteiger partial charge is 0.300 e. The molecule has 0 atom stereocenters. The number of hydrogen-bond acceptors (Lipinski definition) is 6. The Morgan fingerprint density at radius 3 is 2.52 bits per heavy atom. The minimum Gasteiger partial charge on any atom is -0.258 e. The van der Waals surface area contributed by atoms with Crippen molar-refractivity contribution in [3.63, 3.8) is 0 Å². The standard InChI is InChI=1S/C11H12ClN3O4S2/c12-10-8(15(16)17)6-9(20-10)21(18,19)14-11(7-13)4-2-1-3-5-11/h6,14H,1-5H2. The maximum absolute atomic E-state index is 12.3. The molecule has 1 aliphatic carbocycles. The Kier molecular flexibility index (Phi) is 4.53. The normalized spacial score (nSPS) is 18.1. The van der Waals surface area contributed by atoms with Crippen LogP contribution in [-0.4, -0.2) is 18.9 Å². The van der Waals surface area contributed by atoms with Crippen LogP contribution in [0.2, 0.25) is 4.34 Å². The van der Waals surface area contributed by atoms with Gasteiger partial charge < -0.3 is 0 Å². The molecule has 0 aliphatic heterocycles. The molecule has 21 heavy (non-hydrogen) atoms. The summed E-state index contributed by atoms with van der Waals surface area (Å²) in [4.78, 5) is 9.99. The second-order valence-electron chi connectivity index (χ2n) is 4.84. The predicted molar refractivity (Wildman–Crippen MR) is 77.7 cm³/mol. The maximum atomic E-state index is 12.3. The summed E-state index contributed by atoms with van der Waals surface area (Å²) in [6.45, 7) is 0. The molecule has 0 bridgehead atoms. The van der Waals surface area contributed by atoms with E-state index in [0.717, 1.165) is 25.3 Å². The lowest BCUT2D eigenvalue weighted by Crippen LogP contribution is -2.48. The van der Waals surface area contributed by atoms with Gasteiger partial charge in [0.25, 0.3) is 15.7 Å². The first kappa shape index (κ1) is 16.2. The average Bonchev–Trinajstić information content (AvgIpc) is 2.82. The summed E-state index contributed by atoms with van der Waals surface area (Å²) in [5.41, 5.74) is -1.58. The van der Waals surface area contributed by atoms with Gasteiger partial charge in [-0.1, -0.05) is 30.9 Å². The monoisotopic (exact) mass is 349 g/mol. The topological polar surface area (TPSA) is 113 Å². The van der Waals surface area contributed by atoms with Crippen LogP contribution in [0.4, 0.5) is 5.69 Å². The van der Waals surface area contributed by atoms with Gasteiger partial charge >= 0.3 is 0 Å². The van der Waals surface area contributed by atoms with Gasteiger partial charge in [-0.15, -0.1) is 11.3 Å². The van der Waals surface area contributed by atoms with Crippen LogP contribution < -0.4 is 4.72 Å². The summed E-state index contributed by atoms with van der Waals surface area (Å²) in [5, 5.41) is 20.0.